The molecule has 39 heavy (non-hydrogen) atoms. The summed E-state index contributed by atoms with van der Waals surface area (Å²) in [6.07, 6.45) is 0.191. The zero-order valence-electron chi connectivity index (χ0n) is 21.1. The number of aliphatic hydroxyl groups is 3. The van der Waals surface area contributed by atoms with Crippen LogP contribution in [0.25, 0.3) is 22.3 Å². The van der Waals surface area contributed by atoms with E-state index in [4.69, 9.17) is 10.2 Å². The van der Waals surface area contributed by atoms with Gasteiger partial charge in [-0.1, -0.05) is 18.2 Å². The lowest BCUT2D eigenvalue weighted by molar-refractivity contribution is -0.148. The Balaban J connectivity index is 1.55. The molecular weight excluding hydrogens is 504 g/mol. The molecule has 0 fully saturated rings. The number of phenolic OH excluding ortho intramolecular Hbond substituents is 1. The number of furan rings is 1. The van der Waals surface area contributed by atoms with E-state index in [1.165, 1.54) is 11.0 Å². The highest BCUT2D eigenvalue weighted by atomic mass is 16.4. The molecule has 6 rings (SSSR count). The molecule has 200 valence electrons. The van der Waals surface area contributed by atoms with Gasteiger partial charge in [0.15, 0.2) is 11.4 Å². The van der Waals surface area contributed by atoms with Crippen LogP contribution in [0.5, 0.6) is 5.75 Å². The van der Waals surface area contributed by atoms with Gasteiger partial charge >= 0.3 is 0 Å². The molecule has 0 aliphatic heterocycles. The Hall–Kier alpha value is -4.41. The number of phenols is 1. The van der Waals surface area contributed by atoms with Crippen LogP contribution in [0.1, 0.15) is 22.3 Å². The number of amides is 1. The number of Topliss-reactive ketones (excluding diaryl/α,β-unsaturated/α-hetero) is 2. The Morgan fingerprint density at radius 3 is 2.49 bits per heavy atom. The average Bonchev–Trinajstić information content (AvgIpc) is 3.30. The van der Waals surface area contributed by atoms with Gasteiger partial charge in [0, 0.05) is 22.4 Å². The number of hydrogen-bond acceptors (Lipinski definition) is 9. The lowest BCUT2D eigenvalue weighted by atomic mass is 9.58. The predicted octanol–water partition coefficient (Wildman–Crippen LogP) is 2.53. The van der Waals surface area contributed by atoms with Crippen LogP contribution in [0.4, 0.5) is 0 Å². The van der Waals surface area contributed by atoms with Crippen molar-refractivity contribution < 1.29 is 39.2 Å². The summed E-state index contributed by atoms with van der Waals surface area (Å²) in [6.45, 7) is 0. The summed E-state index contributed by atoms with van der Waals surface area (Å²) in [5.41, 5.74) is 3.35. The highest BCUT2D eigenvalue weighted by Crippen LogP contribution is 2.53. The van der Waals surface area contributed by atoms with E-state index in [2.05, 4.69) is 0 Å². The third-order valence-electron chi connectivity index (χ3n) is 8.30. The number of benzene rings is 2. The van der Waals surface area contributed by atoms with E-state index in [1.54, 1.807) is 20.2 Å². The molecule has 10 heteroatoms. The van der Waals surface area contributed by atoms with Crippen molar-refractivity contribution in [1.29, 1.82) is 0 Å². The molecule has 4 atom stereocenters. The van der Waals surface area contributed by atoms with E-state index in [9.17, 15) is 34.8 Å². The molecule has 1 aromatic heterocycles. The summed E-state index contributed by atoms with van der Waals surface area (Å²) in [7, 11) is 3.18. The fourth-order valence-corrected chi connectivity index (χ4v) is 6.60. The smallest absolute Gasteiger partial charge is 0.255 e. The Kier molecular flexibility index (Phi) is 5.29. The molecule has 3 aliphatic carbocycles. The predicted molar refractivity (Wildman–Crippen MR) is 139 cm³/mol. The summed E-state index contributed by atoms with van der Waals surface area (Å²) in [6, 6.07) is 11.2. The molecule has 0 unspecified atom stereocenters. The zero-order valence-corrected chi connectivity index (χ0v) is 21.1. The second-order valence-electron chi connectivity index (χ2n) is 10.6. The van der Waals surface area contributed by atoms with Gasteiger partial charge < -0.3 is 30.6 Å². The maximum absolute atomic E-state index is 13.9. The summed E-state index contributed by atoms with van der Waals surface area (Å²) in [4.78, 5) is 40.9. The first-order valence-electron chi connectivity index (χ1n) is 12.4. The summed E-state index contributed by atoms with van der Waals surface area (Å²) in [5, 5.41) is 45.6. The number of hydrogen-bond donors (Lipinski definition) is 5. The van der Waals surface area contributed by atoms with Gasteiger partial charge in [0.25, 0.3) is 5.91 Å². The first-order valence-corrected chi connectivity index (χ1v) is 12.4. The highest BCUT2D eigenvalue weighted by molar-refractivity contribution is 6.24. The van der Waals surface area contributed by atoms with Crippen molar-refractivity contribution >= 4 is 28.4 Å². The summed E-state index contributed by atoms with van der Waals surface area (Å²) in [5.74, 6) is -6.34. The minimum absolute atomic E-state index is 0.0149. The normalized spacial score (nSPS) is 26.6. The van der Waals surface area contributed by atoms with Crippen LogP contribution in [-0.2, 0) is 16.0 Å². The van der Waals surface area contributed by atoms with Crippen molar-refractivity contribution in [1.82, 2.24) is 4.90 Å². The number of nitrogens with zero attached hydrogens (tertiary/aromatic N) is 1. The van der Waals surface area contributed by atoms with E-state index < -0.39 is 58.0 Å². The van der Waals surface area contributed by atoms with Crippen molar-refractivity contribution in [2.24, 2.45) is 17.6 Å². The van der Waals surface area contributed by atoms with E-state index >= 15 is 0 Å². The Labute approximate surface area is 222 Å². The first-order chi connectivity index (χ1) is 18.5. The van der Waals surface area contributed by atoms with Gasteiger partial charge in [0.2, 0.25) is 5.78 Å². The second kappa shape index (κ2) is 8.29. The monoisotopic (exact) mass is 530 g/mol. The molecular formula is C29H26N2O8. The number of allylic oxidation sites excluding steroid dienone is 1. The van der Waals surface area contributed by atoms with Crippen LogP contribution in [0.15, 0.2) is 69.5 Å². The second-order valence-corrected chi connectivity index (χ2v) is 10.6. The summed E-state index contributed by atoms with van der Waals surface area (Å²) >= 11 is 0. The van der Waals surface area contributed by atoms with Gasteiger partial charge in [-0.2, -0.15) is 0 Å². The van der Waals surface area contributed by atoms with Gasteiger partial charge in [-0.3, -0.25) is 19.3 Å². The fourth-order valence-electron chi connectivity index (χ4n) is 6.60. The minimum Gasteiger partial charge on any atom is -0.510 e. The van der Waals surface area contributed by atoms with Crippen molar-refractivity contribution in [3.63, 3.8) is 0 Å². The fraction of sp³-hybridized carbons (Fsp3) is 0.276. The van der Waals surface area contributed by atoms with E-state index in [0.29, 0.717) is 22.5 Å². The number of fused-ring (bicyclic) bond motifs is 4. The van der Waals surface area contributed by atoms with Crippen LogP contribution in [0.2, 0.25) is 0 Å². The molecule has 2 aromatic carbocycles. The van der Waals surface area contributed by atoms with E-state index in [1.807, 2.05) is 30.3 Å². The van der Waals surface area contributed by atoms with Crippen LogP contribution in [0, 0.1) is 11.8 Å². The van der Waals surface area contributed by atoms with E-state index in [0.717, 1.165) is 5.39 Å². The lowest BCUT2D eigenvalue weighted by Crippen LogP contribution is -2.63. The molecule has 10 nitrogen and oxygen atoms in total. The largest absolute Gasteiger partial charge is 0.510 e. The SMILES string of the molecule is CN(C)[C@@H]1C(O)=C(C(N)=O)C(=O)[C@@]2(O)C(O)=C3C(=O)c4c(O)ccc(-c5cc6ccccc6o5)c4C[C@@H]3C[C@H]12. The molecule has 3 aromatic rings. The molecule has 0 bridgehead atoms. The van der Waals surface area contributed by atoms with Gasteiger partial charge in [-0.05, 0) is 62.7 Å². The molecule has 1 amide bonds. The maximum atomic E-state index is 13.9. The molecule has 0 saturated heterocycles. The molecule has 3 aliphatic rings. The number of nitrogens with two attached hydrogens (primary N) is 1. The van der Waals surface area contributed by atoms with Gasteiger partial charge in [-0.25, -0.2) is 0 Å². The zero-order chi connectivity index (χ0) is 28.0. The lowest BCUT2D eigenvalue weighted by Gasteiger charge is -2.50. The number of aliphatic hydroxyl groups excluding tert-OH is 2. The number of carbonyl (C=O) groups excluding carboxylic acids is 3. The third kappa shape index (κ3) is 3.25. The number of para-hydroxylation sites is 1. The van der Waals surface area contributed by atoms with Gasteiger partial charge in [0.05, 0.1) is 11.6 Å². The Morgan fingerprint density at radius 1 is 1.10 bits per heavy atom. The Bertz CT molecular complexity index is 1650. The maximum Gasteiger partial charge on any atom is 0.255 e. The van der Waals surface area contributed by atoms with Crippen molar-refractivity contribution in [2.45, 2.75) is 24.5 Å². The van der Waals surface area contributed by atoms with Crippen LogP contribution in [-0.4, -0.2) is 68.5 Å². The standard InChI is InChI=1S/C29H26N2O8/c1-31(2)23-16-10-13-9-15-14(19-11-12-5-3-4-6-18(12)39-19)7-8-17(32)21(15)24(33)20(13)26(35)29(16,38)27(36)22(25(23)34)28(30)37/h3-8,11,13,16,23,32,34-35,38H,9-10H2,1-2H3,(H2,30,37)/t13-,16-,23+,29+/m1/s1. The third-order valence-corrected chi connectivity index (χ3v) is 8.30. The molecule has 0 saturated carbocycles. The number of rotatable bonds is 3. The van der Waals surface area contributed by atoms with E-state index in [-0.39, 0.29) is 29.7 Å². The number of aromatic hydroxyl groups is 1. The molecule has 0 radical (unpaired) electrons. The highest BCUT2D eigenvalue weighted by Gasteiger charge is 2.63. The van der Waals surface area contributed by atoms with Crippen LogP contribution >= 0.6 is 0 Å². The number of primary amides is 1. The summed E-state index contributed by atoms with van der Waals surface area (Å²) < 4.78 is 6.04. The molecule has 1 heterocycles. The topological polar surface area (TPSA) is 175 Å². The van der Waals surface area contributed by atoms with Crippen LogP contribution in [0.3, 0.4) is 0 Å². The number of carbonyl (C=O) groups is 3. The first kappa shape index (κ1) is 24.9. The van der Waals surface area contributed by atoms with Crippen molar-refractivity contribution in [3.05, 3.63) is 76.3 Å². The van der Waals surface area contributed by atoms with Crippen molar-refractivity contribution in [3.8, 4) is 17.1 Å². The number of likely N-dealkylation sites (N-methyl/N-ethyl adjacent to an activating group) is 1. The molecule has 0 spiro atoms. The Morgan fingerprint density at radius 2 is 1.82 bits per heavy atom. The van der Waals surface area contributed by atoms with Crippen molar-refractivity contribution in [2.75, 3.05) is 14.1 Å². The van der Waals surface area contributed by atoms with Crippen LogP contribution < -0.4 is 5.73 Å². The van der Waals surface area contributed by atoms with Gasteiger partial charge in [-0.15, -0.1) is 0 Å². The minimum atomic E-state index is -2.67. The number of ketones is 2. The quantitative estimate of drug-likeness (QED) is 0.319. The van der Waals surface area contributed by atoms with Gasteiger partial charge in [0.1, 0.15) is 34.2 Å². The molecule has 6 N–H and O–H groups in total. The average molecular weight is 531 g/mol.